The Labute approximate surface area is 180 Å². The summed E-state index contributed by atoms with van der Waals surface area (Å²) >= 11 is 0. The Hall–Kier alpha value is -0.340. The minimum atomic E-state index is 0.754. The van der Waals surface area contributed by atoms with Crippen molar-refractivity contribution in [3.8, 4) is 0 Å². The van der Waals surface area contributed by atoms with Crippen molar-refractivity contribution in [2.24, 2.45) is 0 Å². The standard InChI is InChI=1S/C24H51S.N3/c1-4-7-10-13-16-19-22-25(23-20-17-14-11-8-5-2)24-21-18-15-12-9-6-3;1-3-2/h4-24H2,1-3H3;/q+1;-1. The van der Waals surface area contributed by atoms with E-state index in [2.05, 4.69) is 20.8 Å². The van der Waals surface area contributed by atoms with Crippen molar-refractivity contribution in [3.05, 3.63) is 16.0 Å². The van der Waals surface area contributed by atoms with Gasteiger partial charge >= 0.3 is 0 Å². The normalized spacial score (nSPS) is 10.6. The van der Waals surface area contributed by atoms with Crippen LogP contribution in [0.3, 0.4) is 0 Å². The highest BCUT2D eigenvalue weighted by molar-refractivity contribution is 7.96. The van der Waals surface area contributed by atoms with Gasteiger partial charge in [-0.3, -0.25) is 4.91 Å². The fourth-order valence-electron chi connectivity index (χ4n) is 3.57. The Bertz CT molecular complexity index is 266. The maximum absolute atomic E-state index is 6.75. The van der Waals surface area contributed by atoms with E-state index < -0.39 is 0 Å². The van der Waals surface area contributed by atoms with Crippen LogP contribution in [0, 0.1) is 0 Å². The lowest BCUT2D eigenvalue weighted by Gasteiger charge is -2.10. The van der Waals surface area contributed by atoms with Gasteiger partial charge in [0.25, 0.3) is 0 Å². The molecule has 0 unspecified atom stereocenters. The Kier molecular flexibility index (Phi) is 30.8. The molecule has 0 aliphatic carbocycles. The van der Waals surface area contributed by atoms with Crippen LogP contribution in [0.25, 0.3) is 16.0 Å². The lowest BCUT2D eigenvalue weighted by atomic mass is 10.1. The topological polar surface area (TPSA) is 58.7 Å². The molecule has 28 heavy (non-hydrogen) atoms. The van der Waals surface area contributed by atoms with E-state index in [1.807, 2.05) is 0 Å². The first-order valence-corrected chi connectivity index (χ1v) is 14.1. The lowest BCUT2D eigenvalue weighted by Crippen LogP contribution is -2.17. The van der Waals surface area contributed by atoms with Gasteiger partial charge in [-0.05, 0) is 49.4 Å². The maximum atomic E-state index is 6.75. The average Bonchev–Trinajstić information content (AvgIpc) is 2.69. The summed E-state index contributed by atoms with van der Waals surface area (Å²) < 4.78 is 0. The fraction of sp³-hybridized carbons (Fsp3) is 1.00. The Morgan fingerprint density at radius 1 is 0.429 bits per heavy atom. The molecule has 168 valence electrons. The zero-order chi connectivity index (χ0) is 21.1. The molecule has 0 radical (unpaired) electrons. The van der Waals surface area contributed by atoms with Gasteiger partial charge in [0.15, 0.2) is 0 Å². The van der Waals surface area contributed by atoms with E-state index >= 15 is 0 Å². The molecule has 0 saturated heterocycles. The number of rotatable bonds is 21. The summed E-state index contributed by atoms with van der Waals surface area (Å²) in [6.45, 7) is 6.95. The molecule has 0 aliphatic heterocycles. The lowest BCUT2D eigenvalue weighted by molar-refractivity contribution is 0.619. The SMILES string of the molecule is CCCCCCCC[S+](CCCCCCCC)CCCCCCCC.[N-]=[N+]=[N-]. The van der Waals surface area contributed by atoms with Crippen LogP contribution in [0.15, 0.2) is 0 Å². The van der Waals surface area contributed by atoms with E-state index in [1.165, 1.54) is 120 Å². The second kappa shape index (κ2) is 28.9. The van der Waals surface area contributed by atoms with Crippen LogP contribution < -0.4 is 0 Å². The highest BCUT2D eigenvalue weighted by atomic mass is 32.2. The molecule has 0 aromatic heterocycles. The van der Waals surface area contributed by atoms with Gasteiger partial charge in [0.1, 0.15) is 17.3 Å². The van der Waals surface area contributed by atoms with Gasteiger partial charge in [0.2, 0.25) is 0 Å². The van der Waals surface area contributed by atoms with Crippen molar-refractivity contribution in [1.29, 1.82) is 0 Å². The Balaban J connectivity index is 0. The van der Waals surface area contributed by atoms with E-state index in [1.54, 1.807) is 17.3 Å². The van der Waals surface area contributed by atoms with Crippen molar-refractivity contribution in [2.75, 3.05) is 17.3 Å². The summed E-state index contributed by atoms with van der Waals surface area (Å²) in [5, 5.41) is 0. The molecule has 0 heterocycles. The smallest absolute Gasteiger partial charge is 0.108 e. The number of hydrogen-bond donors (Lipinski definition) is 0. The molecule has 0 saturated carbocycles. The maximum Gasteiger partial charge on any atom is 0.108 e. The Morgan fingerprint density at radius 3 is 0.893 bits per heavy atom. The van der Waals surface area contributed by atoms with Gasteiger partial charge in [-0.15, -0.1) is 0 Å². The van der Waals surface area contributed by atoms with Crippen LogP contribution in [0.1, 0.15) is 136 Å². The molecule has 0 aliphatic rings. The second-order valence-electron chi connectivity index (χ2n) is 8.12. The first-order valence-electron chi connectivity index (χ1n) is 12.4. The summed E-state index contributed by atoms with van der Waals surface area (Å²) in [4.78, 5) is 1.50. The molecular weight excluding hydrogens is 362 g/mol. The van der Waals surface area contributed by atoms with Crippen molar-refractivity contribution >= 4 is 10.9 Å². The zero-order valence-corrected chi connectivity index (χ0v) is 20.4. The number of hydrogen-bond acceptors (Lipinski definition) is 0. The summed E-state index contributed by atoms with van der Waals surface area (Å²) in [6, 6.07) is 0. The predicted molar refractivity (Wildman–Crippen MR) is 132 cm³/mol. The molecule has 0 spiro atoms. The highest BCUT2D eigenvalue weighted by Crippen LogP contribution is 2.14. The number of unbranched alkanes of at least 4 members (excludes halogenated alkanes) is 15. The largest absolute Gasteiger partial charge is 0.373 e. The van der Waals surface area contributed by atoms with E-state index in [-0.39, 0.29) is 0 Å². The summed E-state index contributed by atoms with van der Waals surface area (Å²) in [5.41, 5.74) is 13.5. The Morgan fingerprint density at radius 2 is 0.643 bits per heavy atom. The highest BCUT2D eigenvalue weighted by Gasteiger charge is 2.16. The quantitative estimate of drug-likeness (QED) is 0.0591. The van der Waals surface area contributed by atoms with E-state index in [4.69, 9.17) is 11.1 Å². The van der Waals surface area contributed by atoms with Crippen LogP contribution >= 0.6 is 0 Å². The zero-order valence-electron chi connectivity index (χ0n) is 19.6. The van der Waals surface area contributed by atoms with E-state index in [0.29, 0.717) is 0 Å². The third kappa shape index (κ3) is 27.9. The van der Waals surface area contributed by atoms with Crippen molar-refractivity contribution in [1.82, 2.24) is 0 Å². The molecular formula is C24H51N3S. The minimum absolute atomic E-state index is 0.754. The molecule has 0 atom stereocenters. The van der Waals surface area contributed by atoms with Gasteiger partial charge in [0, 0.05) is 0 Å². The number of nitrogens with zero attached hydrogens (tertiary/aromatic N) is 3. The summed E-state index contributed by atoms with van der Waals surface area (Å²) in [6.07, 6.45) is 26.4. The average molecular weight is 414 g/mol. The third-order valence-corrected chi connectivity index (χ3v) is 7.96. The van der Waals surface area contributed by atoms with Gasteiger partial charge < -0.3 is 11.1 Å². The van der Waals surface area contributed by atoms with Gasteiger partial charge in [-0.2, -0.15) is 0 Å². The monoisotopic (exact) mass is 413 g/mol. The third-order valence-electron chi connectivity index (χ3n) is 5.36. The second-order valence-corrected chi connectivity index (χ2v) is 10.6. The summed E-state index contributed by atoms with van der Waals surface area (Å²) in [5.74, 6) is 4.65. The van der Waals surface area contributed by atoms with Crippen molar-refractivity contribution in [2.45, 2.75) is 136 Å². The molecule has 0 amide bonds. The van der Waals surface area contributed by atoms with Crippen molar-refractivity contribution < 1.29 is 0 Å². The minimum Gasteiger partial charge on any atom is -0.373 e. The summed E-state index contributed by atoms with van der Waals surface area (Å²) in [7, 11) is 0.754. The molecule has 0 aromatic rings. The van der Waals surface area contributed by atoms with E-state index in [0.717, 1.165) is 10.9 Å². The van der Waals surface area contributed by atoms with Crippen LogP contribution in [-0.2, 0) is 10.9 Å². The molecule has 0 fully saturated rings. The van der Waals surface area contributed by atoms with Gasteiger partial charge in [-0.25, -0.2) is 0 Å². The molecule has 0 bridgehead atoms. The molecule has 0 aromatic carbocycles. The molecule has 3 nitrogen and oxygen atoms in total. The molecule has 0 N–H and O–H groups in total. The first kappa shape index (κ1) is 29.9. The first-order chi connectivity index (χ1) is 13.8. The van der Waals surface area contributed by atoms with Crippen LogP contribution in [-0.4, -0.2) is 17.3 Å². The molecule has 4 heteroatoms. The predicted octanol–water partition coefficient (Wildman–Crippen LogP) is 9.55. The van der Waals surface area contributed by atoms with Gasteiger partial charge in [0.05, 0.1) is 0 Å². The van der Waals surface area contributed by atoms with Crippen LogP contribution in [0.2, 0.25) is 0 Å². The van der Waals surface area contributed by atoms with Crippen LogP contribution in [0.5, 0.6) is 0 Å². The van der Waals surface area contributed by atoms with Crippen LogP contribution in [0.4, 0.5) is 0 Å². The van der Waals surface area contributed by atoms with E-state index in [9.17, 15) is 0 Å². The molecule has 0 rings (SSSR count). The van der Waals surface area contributed by atoms with Gasteiger partial charge in [-0.1, -0.05) is 97.8 Å². The fourth-order valence-corrected chi connectivity index (χ4v) is 6.02. The van der Waals surface area contributed by atoms with Crippen molar-refractivity contribution in [3.63, 3.8) is 0 Å².